The molecule has 0 aliphatic rings. The molecule has 0 saturated heterocycles. The van der Waals surface area contributed by atoms with E-state index in [0.717, 1.165) is 5.56 Å². The summed E-state index contributed by atoms with van der Waals surface area (Å²) in [6, 6.07) is 16.8. The van der Waals surface area contributed by atoms with Gasteiger partial charge in [-0.05, 0) is 17.7 Å². The molecule has 0 atom stereocenters. The lowest BCUT2D eigenvalue weighted by Crippen LogP contribution is -2.00. The van der Waals surface area contributed by atoms with Crippen LogP contribution in [0.1, 0.15) is 15.9 Å². The number of esters is 1. The van der Waals surface area contributed by atoms with Crippen LogP contribution in [0.4, 0.5) is 5.69 Å². The Morgan fingerprint density at radius 2 is 1.74 bits per heavy atom. The van der Waals surface area contributed by atoms with Crippen LogP contribution in [0.15, 0.2) is 64.8 Å². The number of rotatable bonds is 4. The van der Waals surface area contributed by atoms with Crippen LogP contribution in [0.3, 0.4) is 0 Å². The van der Waals surface area contributed by atoms with Crippen LogP contribution >= 0.6 is 0 Å². The van der Waals surface area contributed by atoms with Crippen LogP contribution in [-0.4, -0.2) is 13.1 Å². The third kappa shape index (κ3) is 3.48. The largest absolute Gasteiger partial charge is 0.465 e. The summed E-state index contributed by atoms with van der Waals surface area (Å²) in [5.74, 6) is -0.408. The van der Waals surface area contributed by atoms with Gasteiger partial charge in [0.1, 0.15) is 0 Å². The fourth-order valence-electron chi connectivity index (χ4n) is 1.62. The molecule has 0 heterocycles. The number of hydrogen-bond donors (Lipinski definition) is 0. The molecule has 0 amide bonds. The highest BCUT2D eigenvalue weighted by Crippen LogP contribution is 2.20. The highest BCUT2D eigenvalue weighted by molar-refractivity contribution is 5.94. The molecule has 4 nitrogen and oxygen atoms in total. The first kappa shape index (κ1) is 13.0. The lowest BCUT2D eigenvalue weighted by molar-refractivity contribution is 0.0601. The van der Waals surface area contributed by atoms with E-state index in [4.69, 9.17) is 4.74 Å². The maximum atomic E-state index is 11.5. The van der Waals surface area contributed by atoms with Gasteiger partial charge >= 0.3 is 5.97 Å². The Labute approximate surface area is 111 Å². The van der Waals surface area contributed by atoms with Crippen molar-refractivity contribution < 1.29 is 9.53 Å². The number of azo groups is 1. The normalized spacial score (nSPS) is 10.6. The maximum absolute atomic E-state index is 11.5. The summed E-state index contributed by atoms with van der Waals surface area (Å²) >= 11 is 0. The van der Waals surface area contributed by atoms with Gasteiger partial charge < -0.3 is 4.74 Å². The van der Waals surface area contributed by atoms with Gasteiger partial charge in [-0.1, -0.05) is 42.5 Å². The lowest BCUT2D eigenvalue weighted by atomic mass is 10.2. The maximum Gasteiger partial charge on any atom is 0.340 e. The van der Waals surface area contributed by atoms with Crippen LogP contribution in [0.2, 0.25) is 0 Å². The molecule has 0 N–H and O–H groups in total. The molecule has 0 unspecified atom stereocenters. The molecule has 0 spiro atoms. The summed E-state index contributed by atoms with van der Waals surface area (Å²) in [6.07, 6.45) is 0. The molecular weight excluding hydrogens is 240 g/mol. The van der Waals surface area contributed by atoms with Gasteiger partial charge in [0, 0.05) is 0 Å². The SMILES string of the molecule is COC(=O)c1ccccc1N=NCc1ccccc1. The van der Waals surface area contributed by atoms with E-state index in [1.54, 1.807) is 18.2 Å². The van der Waals surface area contributed by atoms with Gasteiger partial charge in [-0.15, -0.1) is 0 Å². The first-order chi connectivity index (χ1) is 9.31. The van der Waals surface area contributed by atoms with Gasteiger partial charge in [0.25, 0.3) is 0 Å². The molecule has 2 aromatic rings. The van der Waals surface area contributed by atoms with Gasteiger partial charge in [-0.2, -0.15) is 10.2 Å². The number of nitrogens with zero attached hydrogens (tertiary/aromatic N) is 2. The quantitative estimate of drug-likeness (QED) is 0.616. The van der Waals surface area contributed by atoms with Crippen LogP contribution in [0.25, 0.3) is 0 Å². The zero-order valence-corrected chi connectivity index (χ0v) is 10.6. The van der Waals surface area contributed by atoms with Crippen LogP contribution < -0.4 is 0 Å². The zero-order chi connectivity index (χ0) is 13.5. The van der Waals surface area contributed by atoms with Gasteiger partial charge in [0.05, 0.1) is 24.9 Å². The molecule has 96 valence electrons. The van der Waals surface area contributed by atoms with Crippen LogP contribution in [0.5, 0.6) is 0 Å². The number of hydrogen-bond acceptors (Lipinski definition) is 4. The van der Waals surface area contributed by atoms with Crippen molar-refractivity contribution in [3.8, 4) is 0 Å². The number of carbonyl (C=O) groups excluding carboxylic acids is 1. The molecule has 4 heteroatoms. The summed E-state index contributed by atoms with van der Waals surface area (Å²) in [4.78, 5) is 11.5. The monoisotopic (exact) mass is 254 g/mol. The number of carbonyl (C=O) groups is 1. The van der Waals surface area contributed by atoms with E-state index in [2.05, 4.69) is 10.2 Å². The fourth-order valence-corrected chi connectivity index (χ4v) is 1.62. The van der Waals surface area contributed by atoms with E-state index in [1.165, 1.54) is 7.11 Å². The Morgan fingerprint density at radius 3 is 2.47 bits per heavy atom. The third-order valence-corrected chi connectivity index (χ3v) is 2.58. The van der Waals surface area contributed by atoms with E-state index < -0.39 is 5.97 Å². The molecule has 0 saturated carbocycles. The molecule has 2 rings (SSSR count). The predicted octanol–water partition coefficient (Wildman–Crippen LogP) is 3.76. The lowest BCUT2D eigenvalue weighted by Gasteiger charge is -2.01. The van der Waals surface area contributed by atoms with Crippen LogP contribution in [0, 0.1) is 0 Å². The van der Waals surface area contributed by atoms with Crippen molar-refractivity contribution in [2.45, 2.75) is 6.54 Å². The Balaban J connectivity index is 2.13. The van der Waals surface area contributed by atoms with Gasteiger partial charge in [-0.25, -0.2) is 4.79 Å². The Morgan fingerprint density at radius 1 is 1.05 bits per heavy atom. The molecule has 0 aromatic heterocycles. The minimum absolute atomic E-state index is 0.408. The van der Waals surface area contributed by atoms with Gasteiger partial charge in [0.2, 0.25) is 0 Å². The van der Waals surface area contributed by atoms with Crippen molar-refractivity contribution in [1.82, 2.24) is 0 Å². The van der Waals surface area contributed by atoms with Crippen molar-refractivity contribution >= 4 is 11.7 Å². The van der Waals surface area contributed by atoms with Crippen molar-refractivity contribution in [3.63, 3.8) is 0 Å². The number of ether oxygens (including phenoxy) is 1. The topological polar surface area (TPSA) is 51.0 Å². The molecule has 0 aliphatic carbocycles. The summed E-state index contributed by atoms with van der Waals surface area (Å²) in [6.45, 7) is 0.482. The average Bonchev–Trinajstić information content (AvgIpc) is 2.48. The van der Waals surface area contributed by atoms with E-state index in [1.807, 2.05) is 36.4 Å². The second kappa shape index (κ2) is 6.44. The smallest absolute Gasteiger partial charge is 0.340 e. The van der Waals surface area contributed by atoms with E-state index >= 15 is 0 Å². The Hall–Kier alpha value is -2.49. The van der Waals surface area contributed by atoms with Crippen molar-refractivity contribution in [2.24, 2.45) is 10.2 Å². The molecule has 0 fully saturated rings. The van der Waals surface area contributed by atoms with E-state index in [9.17, 15) is 4.79 Å². The van der Waals surface area contributed by atoms with Crippen molar-refractivity contribution in [2.75, 3.05) is 7.11 Å². The molecule has 0 radical (unpaired) electrons. The minimum atomic E-state index is -0.408. The number of methoxy groups -OCH3 is 1. The highest BCUT2D eigenvalue weighted by atomic mass is 16.5. The van der Waals surface area contributed by atoms with E-state index in [-0.39, 0.29) is 0 Å². The molecule has 0 aliphatic heterocycles. The van der Waals surface area contributed by atoms with E-state index in [0.29, 0.717) is 17.8 Å². The molecule has 0 bridgehead atoms. The second-order valence-electron chi connectivity index (χ2n) is 3.89. The Kier molecular flexibility index (Phi) is 4.39. The fraction of sp³-hybridized carbons (Fsp3) is 0.133. The second-order valence-corrected chi connectivity index (χ2v) is 3.89. The minimum Gasteiger partial charge on any atom is -0.465 e. The van der Waals surface area contributed by atoms with Crippen molar-refractivity contribution in [1.29, 1.82) is 0 Å². The highest BCUT2D eigenvalue weighted by Gasteiger charge is 2.09. The summed E-state index contributed by atoms with van der Waals surface area (Å²) < 4.78 is 4.70. The third-order valence-electron chi connectivity index (χ3n) is 2.58. The summed E-state index contributed by atoms with van der Waals surface area (Å²) in [5.41, 5.74) is 2.01. The van der Waals surface area contributed by atoms with Gasteiger partial charge in [-0.3, -0.25) is 0 Å². The summed E-state index contributed by atoms with van der Waals surface area (Å²) in [5, 5.41) is 8.20. The first-order valence-corrected chi connectivity index (χ1v) is 5.90. The standard InChI is InChI=1S/C15H14N2O2/c1-19-15(18)13-9-5-6-10-14(13)17-16-11-12-7-3-2-4-8-12/h2-10H,11H2,1H3. The predicted molar refractivity (Wildman–Crippen MR) is 72.4 cm³/mol. The molecular formula is C15H14N2O2. The molecule has 19 heavy (non-hydrogen) atoms. The van der Waals surface area contributed by atoms with Gasteiger partial charge in [0.15, 0.2) is 0 Å². The zero-order valence-electron chi connectivity index (χ0n) is 10.6. The van der Waals surface area contributed by atoms with Crippen LogP contribution in [-0.2, 0) is 11.3 Å². The van der Waals surface area contributed by atoms with Crippen molar-refractivity contribution in [3.05, 3.63) is 65.7 Å². The Bertz CT molecular complexity index is 580. The summed E-state index contributed by atoms with van der Waals surface area (Å²) in [7, 11) is 1.35. The first-order valence-electron chi connectivity index (χ1n) is 5.90. The number of benzene rings is 2. The average molecular weight is 254 g/mol. The molecule has 2 aromatic carbocycles.